The first kappa shape index (κ1) is 23.3. The van der Waals surface area contributed by atoms with Gasteiger partial charge in [-0.3, -0.25) is 14.5 Å². The molecule has 1 saturated heterocycles. The summed E-state index contributed by atoms with van der Waals surface area (Å²) in [5, 5.41) is 2.87. The number of aromatic amines is 1. The van der Waals surface area contributed by atoms with Crippen molar-refractivity contribution in [1.82, 2.24) is 25.2 Å². The van der Waals surface area contributed by atoms with Crippen LogP contribution in [-0.2, 0) is 6.54 Å². The van der Waals surface area contributed by atoms with Crippen molar-refractivity contribution in [2.75, 3.05) is 31.1 Å². The number of aromatic nitrogens is 3. The Morgan fingerprint density at radius 1 is 1.14 bits per heavy atom. The second kappa shape index (κ2) is 9.33. The minimum absolute atomic E-state index is 0.0910. The zero-order valence-corrected chi connectivity index (χ0v) is 19.8. The fourth-order valence-corrected chi connectivity index (χ4v) is 4.63. The number of halogens is 2. The van der Waals surface area contributed by atoms with Gasteiger partial charge in [-0.2, -0.15) is 4.39 Å². The van der Waals surface area contributed by atoms with E-state index in [9.17, 15) is 18.4 Å². The van der Waals surface area contributed by atoms with Crippen molar-refractivity contribution < 1.29 is 13.6 Å². The Kier molecular flexibility index (Phi) is 6.22. The predicted octanol–water partition coefficient (Wildman–Crippen LogP) is 2.82. The van der Waals surface area contributed by atoms with Crippen LogP contribution in [0, 0.1) is 25.6 Å². The molecule has 5 rings (SSSR count). The average molecular weight is 483 g/mol. The molecule has 0 spiro atoms. The molecule has 3 heterocycles. The summed E-state index contributed by atoms with van der Waals surface area (Å²) in [6, 6.07) is 4.82. The van der Waals surface area contributed by atoms with Crippen LogP contribution >= 0.6 is 0 Å². The molecule has 2 aromatic heterocycles. The molecule has 1 amide bonds. The highest BCUT2D eigenvalue weighted by Crippen LogP contribution is 2.25. The van der Waals surface area contributed by atoms with Gasteiger partial charge in [0.2, 0.25) is 5.95 Å². The van der Waals surface area contributed by atoms with Gasteiger partial charge in [0.05, 0.1) is 11.2 Å². The van der Waals surface area contributed by atoms with Gasteiger partial charge in [-0.05, 0) is 62.4 Å². The smallest absolute Gasteiger partial charge is 0.270 e. The van der Waals surface area contributed by atoms with Gasteiger partial charge in [0.15, 0.2) is 5.82 Å². The molecule has 1 aliphatic carbocycles. The number of hydrogen-bond donors (Lipinski definition) is 2. The first-order chi connectivity index (χ1) is 16.8. The number of pyridine rings is 1. The topological polar surface area (TPSA) is 94.2 Å². The predicted molar refractivity (Wildman–Crippen MR) is 129 cm³/mol. The van der Waals surface area contributed by atoms with E-state index >= 15 is 0 Å². The van der Waals surface area contributed by atoms with E-state index in [2.05, 4.69) is 25.2 Å². The number of H-pyrrole nitrogens is 1. The quantitative estimate of drug-likeness (QED) is 0.544. The lowest BCUT2D eigenvalue weighted by molar-refractivity contribution is 0.0910. The van der Waals surface area contributed by atoms with Crippen LogP contribution in [0.15, 0.2) is 23.0 Å². The van der Waals surface area contributed by atoms with E-state index in [0.717, 1.165) is 30.4 Å². The molecular weight excluding hydrogens is 454 g/mol. The molecule has 0 unspecified atom stereocenters. The Labute approximate surface area is 201 Å². The van der Waals surface area contributed by atoms with Crippen molar-refractivity contribution in [1.29, 1.82) is 0 Å². The molecule has 10 heteroatoms. The van der Waals surface area contributed by atoms with Crippen molar-refractivity contribution in [2.24, 2.45) is 0 Å². The highest BCUT2D eigenvalue weighted by molar-refractivity contribution is 5.92. The number of hydrogen-bond acceptors (Lipinski definition) is 6. The van der Waals surface area contributed by atoms with Crippen molar-refractivity contribution in [2.45, 2.75) is 45.7 Å². The third-order valence-electron chi connectivity index (χ3n) is 7.08. The van der Waals surface area contributed by atoms with E-state index in [-0.39, 0.29) is 34.4 Å². The number of nitrogens with one attached hydrogen (secondary N) is 2. The van der Waals surface area contributed by atoms with Crippen LogP contribution in [0.4, 0.5) is 14.5 Å². The van der Waals surface area contributed by atoms with Crippen LogP contribution in [-0.4, -0.2) is 58.0 Å². The number of nitrogens with zero attached hydrogens (tertiary/aromatic N) is 4. The first-order valence-corrected chi connectivity index (χ1v) is 11.9. The van der Waals surface area contributed by atoms with E-state index in [1.807, 2.05) is 11.8 Å². The number of anilines is 1. The summed E-state index contributed by atoms with van der Waals surface area (Å²) < 4.78 is 29.5. The van der Waals surface area contributed by atoms with Crippen LogP contribution in [0.5, 0.6) is 0 Å². The third-order valence-corrected chi connectivity index (χ3v) is 7.08. The number of amides is 1. The molecule has 0 bridgehead atoms. The molecule has 2 aliphatic rings. The molecule has 1 saturated carbocycles. The van der Waals surface area contributed by atoms with E-state index < -0.39 is 11.8 Å². The number of aryl methyl sites for hydroxylation is 2. The van der Waals surface area contributed by atoms with Crippen molar-refractivity contribution in [3.8, 4) is 0 Å². The standard InChI is InChI=1S/C25H28F2N6O2/c1-14-16(12-18(26)22-21(14)31-24(34)15(2)28-22)13-32-8-10-33(11-9-32)20-7-6-19(30-23(20)27)25(35)29-17-4-3-5-17/h6-7,12,17H,3-5,8-11,13H2,1-2H3,(H,29,35)(H,31,34). The van der Waals surface area contributed by atoms with Gasteiger partial charge >= 0.3 is 0 Å². The molecule has 184 valence electrons. The third kappa shape index (κ3) is 4.62. The Morgan fingerprint density at radius 3 is 2.54 bits per heavy atom. The molecular formula is C25H28F2N6O2. The number of benzene rings is 1. The van der Waals surface area contributed by atoms with Crippen molar-refractivity contribution >= 4 is 22.6 Å². The average Bonchev–Trinajstić information content (AvgIpc) is 2.81. The van der Waals surface area contributed by atoms with Crippen LogP contribution in [0.2, 0.25) is 0 Å². The van der Waals surface area contributed by atoms with Gasteiger partial charge in [-0.15, -0.1) is 0 Å². The summed E-state index contributed by atoms with van der Waals surface area (Å²) in [5.74, 6) is -1.46. The fourth-order valence-electron chi connectivity index (χ4n) is 4.63. The first-order valence-electron chi connectivity index (χ1n) is 11.9. The molecule has 0 atom stereocenters. The van der Waals surface area contributed by atoms with E-state index in [4.69, 9.17) is 0 Å². The van der Waals surface area contributed by atoms with Crippen LogP contribution in [0.25, 0.3) is 11.0 Å². The second-order valence-electron chi connectivity index (χ2n) is 9.39. The maximum absolute atomic E-state index is 14.8. The van der Waals surface area contributed by atoms with E-state index in [1.165, 1.54) is 6.07 Å². The molecule has 0 radical (unpaired) electrons. The normalized spacial score (nSPS) is 17.0. The maximum Gasteiger partial charge on any atom is 0.270 e. The molecule has 2 N–H and O–H groups in total. The Morgan fingerprint density at radius 2 is 1.89 bits per heavy atom. The lowest BCUT2D eigenvalue weighted by atomic mass is 9.93. The zero-order chi connectivity index (χ0) is 24.7. The van der Waals surface area contributed by atoms with E-state index in [0.29, 0.717) is 43.9 Å². The van der Waals surface area contributed by atoms with Gasteiger partial charge in [0.25, 0.3) is 11.5 Å². The van der Waals surface area contributed by atoms with Crippen LogP contribution in [0.1, 0.15) is 46.6 Å². The molecule has 35 heavy (non-hydrogen) atoms. The molecule has 3 aromatic rings. The van der Waals surface area contributed by atoms with Gasteiger partial charge < -0.3 is 15.2 Å². The summed E-state index contributed by atoms with van der Waals surface area (Å²) in [4.78, 5) is 39.1. The summed E-state index contributed by atoms with van der Waals surface area (Å²) in [5.41, 5.74) is 2.52. The Hall–Kier alpha value is -3.40. The highest BCUT2D eigenvalue weighted by Gasteiger charge is 2.24. The van der Waals surface area contributed by atoms with Crippen LogP contribution in [0.3, 0.4) is 0 Å². The number of carbonyl (C=O) groups excluding carboxylic acids is 1. The minimum Gasteiger partial charge on any atom is -0.365 e. The van der Waals surface area contributed by atoms with Crippen molar-refractivity contribution in [3.63, 3.8) is 0 Å². The van der Waals surface area contributed by atoms with Gasteiger partial charge in [0.1, 0.15) is 16.9 Å². The van der Waals surface area contributed by atoms with Crippen molar-refractivity contribution in [3.05, 3.63) is 62.8 Å². The summed E-state index contributed by atoms with van der Waals surface area (Å²) in [6.07, 6.45) is 3.01. The van der Waals surface area contributed by atoms with Gasteiger partial charge in [-0.25, -0.2) is 14.4 Å². The minimum atomic E-state index is -0.654. The fraction of sp³-hybridized carbons (Fsp3) is 0.440. The zero-order valence-electron chi connectivity index (χ0n) is 19.8. The lowest BCUT2D eigenvalue weighted by Gasteiger charge is -2.36. The number of carbonyl (C=O) groups is 1. The SMILES string of the molecule is Cc1nc2c(F)cc(CN3CCN(c4ccc(C(=O)NC5CCC5)nc4F)CC3)c(C)c2[nH]c1=O. The molecule has 8 nitrogen and oxygen atoms in total. The summed E-state index contributed by atoms with van der Waals surface area (Å²) >= 11 is 0. The molecule has 2 fully saturated rings. The number of fused-ring (bicyclic) bond motifs is 1. The Balaban J connectivity index is 1.25. The Bertz CT molecular complexity index is 1350. The molecule has 1 aromatic carbocycles. The second-order valence-corrected chi connectivity index (χ2v) is 9.39. The highest BCUT2D eigenvalue weighted by atomic mass is 19.1. The largest absolute Gasteiger partial charge is 0.365 e. The molecule has 1 aliphatic heterocycles. The monoisotopic (exact) mass is 482 g/mol. The summed E-state index contributed by atoms with van der Waals surface area (Å²) in [6.45, 7) is 6.33. The number of piperazine rings is 1. The number of rotatable bonds is 5. The lowest BCUT2D eigenvalue weighted by Crippen LogP contribution is -2.46. The maximum atomic E-state index is 14.8. The van der Waals surface area contributed by atoms with E-state index in [1.54, 1.807) is 19.1 Å². The summed E-state index contributed by atoms with van der Waals surface area (Å²) in [7, 11) is 0. The van der Waals surface area contributed by atoms with Gasteiger partial charge in [0, 0.05) is 38.8 Å². The van der Waals surface area contributed by atoms with Gasteiger partial charge in [-0.1, -0.05) is 0 Å². The van der Waals surface area contributed by atoms with Crippen LogP contribution < -0.4 is 15.8 Å².